The Morgan fingerprint density at radius 1 is 0.414 bits per heavy atom. The van der Waals surface area contributed by atoms with Crippen LogP contribution in [-0.2, 0) is 4.79 Å². The molecule has 0 aliphatic heterocycles. The normalized spacial score (nSPS) is 13.4. The summed E-state index contributed by atoms with van der Waals surface area (Å²) in [5.41, 5.74) is 0. The Hall–Kier alpha value is -0.910. The zero-order valence-electron chi connectivity index (χ0n) is 39.5. The fourth-order valence-corrected chi connectivity index (χ4v) is 8.52. The number of nitrogens with one attached hydrogen (secondary N) is 1. The molecule has 0 spiro atoms. The number of rotatable bonds is 49. The van der Waals surface area contributed by atoms with Crippen LogP contribution >= 0.6 is 0 Å². The first-order valence-corrected chi connectivity index (χ1v) is 26.5. The minimum Gasteiger partial charge on any atom is -0.394 e. The fourth-order valence-electron chi connectivity index (χ4n) is 8.52. The molecule has 346 valence electrons. The molecule has 0 saturated heterocycles. The number of amides is 1. The van der Waals surface area contributed by atoms with E-state index in [0.717, 1.165) is 38.5 Å². The summed E-state index contributed by atoms with van der Waals surface area (Å²) in [5, 5.41) is 33.7. The Morgan fingerprint density at radius 2 is 0.690 bits per heavy atom. The van der Waals surface area contributed by atoms with Crippen LogP contribution < -0.4 is 5.32 Å². The number of aliphatic hydroxyl groups is 3. The van der Waals surface area contributed by atoms with Crippen LogP contribution in [0.15, 0.2) is 12.2 Å². The smallest absolute Gasteiger partial charge is 0.220 e. The standard InChI is InChI=1S/C53H105NO4/c1-3-5-7-9-11-13-15-17-19-21-23-25-26-28-30-32-34-36-38-40-42-44-46-48-52(57)54-50(49-55)53(58)51(56)47-45-43-41-39-37-35-33-31-29-27-24-22-20-18-16-14-12-10-8-6-4-2/h39,41,50-51,53,55-56,58H,3-38,40,42-49H2,1-2H3,(H,54,57)/b41-39+. The third-order valence-electron chi connectivity index (χ3n) is 12.6. The second-order valence-electron chi connectivity index (χ2n) is 18.4. The van der Waals surface area contributed by atoms with Crippen molar-refractivity contribution in [2.45, 2.75) is 315 Å². The molecule has 0 fully saturated rings. The molecular weight excluding hydrogens is 715 g/mol. The van der Waals surface area contributed by atoms with E-state index in [1.165, 1.54) is 231 Å². The van der Waals surface area contributed by atoms with Gasteiger partial charge in [0.1, 0.15) is 6.10 Å². The largest absolute Gasteiger partial charge is 0.394 e. The van der Waals surface area contributed by atoms with Crippen molar-refractivity contribution in [1.29, 1.82) is 0 Å². The first kappa shape index (κ1) is 57.1. The molecule has 0 aromatic carbocycles. The van der Waals surface area contributed by atoms with E-state index < -0.39 is 18.2 Å². The highest BCUT2D eigenvalue weighted by molar-refractivity contribution is 5.76. The molecule has 1 amide bonds. The van der Waals surface area contributed by atoms with Gasteiger partial charge in [0.2, 0.25) is 5.91 Å². The second-order valence-corrected chi connectivity index (χ2v) is 18.4. The maximum atomic E-state index is 12.5. The van der Waals surface area contributed by atoms with Crippen LogP contribution in [0.5, 0.6) is 0 Å². The van der Waals surface area contributed by atoms with Gasteiger partial charge in [0.25, 0.3) is 0 Å². The van der Waals surface area contributed by atoms with Crippen LogP contribution in [-0.4, -0.2) is 46.1 Å². The summed E-state index contributed by atoms with van der Waals surface area (Å²) in [7, 11) is 0. The molecule has 3 atom stereocenters. The Balaban J connectivity index is 3.56. The summed E-state index contributed by atoms with van der Waals surface area (Å²) in [6.45, 7) is 4.21. The summed E-state index contributed by atoms with van der Waals surface area (Å²) in [6, 6.07) is -0.822. The van der Waals surface area contributed by atoms with Crippen LogP contribution in [0.25, 0.3) is 0 Å². The molecule has 5 nitrogen and oxygen atoms in total. The molecule has 58 heavy (non-hydrogen) atoms. The van der Waals surface area contributed by atoms with Crippen molar-refractivity contribution < 1.29 is 20.1 Å². The van der Waals surface area contributed by atoms with Gasteiger partial charge in [-0.15, -0.1) is 0 Å². The minimum absolute atomic E-state index is 0.147. The molecular formula is C53H105NO4. The summed E-state index contributed by atoms with van der Waals surface area (Å²) in [4.78, 5) is 12.5. The minimum atomic E-state index is -1.16. The van der Waals surface area contributed by atoms with Crippen LogP contribution in [0.3, 0.4) is 0 Å². The SMILES string of the molecule is CCCCCCCCCCCCCCCCCC/C=C/CCCC(O)C(O)C(CO)NC(=O)CCCCCCCCCCCCCCCCCCCCCCCCC. The van der Waals surface area contributed by atoms with E-state index in [0.29, 0.717) is 12.8 Å². The Labute approximate surface area is 363 Å². The number of allylic oxidation sites excluding steroid dienone is 2. The van der Waals surface area contributed by atoms with Crippen LogP contribution in [0, 0.1) is 0 Å². The predicted molar refractivity (Wildman–Crippen MR) is 255 cm³/mol. The van der Waals surface area contributed by atoms with Gasteiger partial charge in [-0.25, -0.2) is 0 Å². The van der Waals surface area contributed by atoms with E-state index in [4.69, 9.17) is 0 Å². The van der Waals surface area contributed by atoms with Gasteiger partial charge in [-0.1, -0.05) is 264 Å². The number of carbonyl (C=O) groups is 1. The van der Waals surface area contributed by atoms with Gasteiger partial charge in [0.05, 0.1) is 18.8 Å². The molecule has 0 rings (SSSR count). The van der Waals surface area contributed by atoms with Crippen LogP contribution in [0.1, 0.15) is 296 Å². The van der Waals surface area contributed by atoms with E-state index in [-0.39, 0.29) is 12.5 Å². The lowest BCUT2D eigenvalue weighted by molar-refractivity contribution is -0.124. The lowest BCUT2D eigenvalue weighted by Crippen LogP contribution is -2.50. The van der Waals surface area contributed by atoms with Crippen molar-refractivity contribution in [3.63, 3.8) is 0 Å². The Bertz CT molecular complexity index is 818. The molecule has 0 aromatic rings. The lowest BCUT2D eigenvalue weighted by Gasteiger charge is -2.26. The first-order valence-electron chi connectivity index (χ1n) is 26.5. The molecule has 5 heteroatoms. The Kier molecular flexibility index (Phi) is 48.0. The predicted octanol–water partition coefficient (Wildman–Crippen LogP) is 15.9. The molecule has 0 heterocycles. The molecule has 0 aliphatic carbocycles. The fraction of sp³-hybridized carbons (Fsp3) is 0.943. The quantitative estimate of drug-likeness (QED) is 0.0364. The highest BCUT2D eigenvalue weighted by Crippen LogP contribution is 2.17. The van der Waals surface area contributed by atoms with Gasteiger partial charge in [-0.2, -0.15) is 0 Å². The summed E-state index contributed by atoms with van der Waals surface area (Å²) in [5.74, 6) is -0.147. The van der Waals surface area contributed by atoms with Crippen molar-refractivity contribution in [2.75, 3.05) is 6.61 Å². The molecule has 4 N–H and O–H groups in total. The summed E-state index contributed by atoms with van der Waals surface area (Å²) in [6.07, 6.45) is 59.3. The van der Waals surface area contributed by atoms with Crippen LogP contribution in [0.4, 0.5) is 0 Å². The highest BCUT2D eigenvalue weighted by Gasteiger charge is 2.26. The maximum absolute atomic E-state index is 12.5. The molecule has 0 saturated carbocycles. The number of hydrogen-bond acceptors (Lipinski definition) is 4. The van der Waals surface area contributed by atoms with E-state index in [2.05, 4.69) is 31.3 Å². The summed E-state index contributed by atoms with van der Waals surface area (Å²) < 4.78 is 0. The Morgan fingerprint density at radius 3 is 1.00 bits per heavy atom. The van der Waals surface area contributed by atoms with Crippen LogP contribution in [0.2, 0.25) is 0 Å². The molecule has 0 bridgehead atoms. The van der Waals surface area contributed by atoms with Crippen molar-refractivity contribution in [3.05, 3.63) is 12.2 Å². The maximum Gasteiger partial charge on any atom is 0.220 e. The van der Waals surface area contributed by atoms with Gasteiger partial charge < -0.3 is 20.6 Å². The average Bonchev–Trinajstić information content (AvgIpc) is 3.23. The second kappa shape index (κ2) is 48.8. The molecule has 0 radical (unpaired) electrons. The zero-order valence-corrected chi connectivity index (χ0v) is 39.5. The van der Waals surface area contributed by atoms with E-state index in [1.54, 1.807) is 0 Å². The topological polar surface area (TPSA) is 89.8 Å². The van der Waals surface area contributed by atoms with E-state index in [9.17, 15) is 20.1 Å². The third kappa shape index (κ3) is 43.2. The zero-order chi connectivity index (χ0) is 42.3. The first-order chi connectivity index (χ1) is 28.6. The van der Waals surface area contributed by atoms with E-state index >= 15 is 0 Å². The monoisotopic (exact) mass is 820 g/mol. The molecule has 3 unspecified atom stereocenters. The average molecular weight is 820 g/mol. The van der Waals surface area contributed by atoms with Gasteiger partial charge in [-0.05, 0) is 38.5 Å². The van der Waals surface area contributed by atoms with Crippen molar-refractivity contribution in [1.82, 2.24) is 5.32 Å². The van der Waals surface area contributed by atoms with Gasteiger partial charge in [0, 0.05) is 6.42 Å². The van der Waals surface area contributed by atoms with Crippen molar-refractivity contribution >= 4 is 5.91 Å². The van der Waals surface area contributed by atoms with Gasteiger partial charge >= 0.3 is 0 Å². The number of carbonyl (C=O) groups excluding carboxylic acids is 1. The molecule has 0 aromatic heterocycles. The summed E-state index contributed by atoms with van der Waals surface area (Å²) >= 11 is 0. The number of aliphatic hydroxyl groups excluding tert-OH is 3. The van der Waals surface area contributed by atoms with E-state index in [1.807, 2.05) is 0 Å². The number of hydrogen-bond donors (Lipinski definition) is 4. The third-order valence-corrected chi connectivity index (χ3v) is 12.6. The van der Waals surface area contributed by atoms with Crippen molar-refractivity contribution in [3.8, 4) is 0 Å². The lowest BCUT2D eigenvalue weighted by atomic mass is 10.0. The van der Waals surface area contributed by atoms with Crippen molar-refractivity contribution in [2.24, 2.45) is 0 Å². The highest BCUT2D eigenvalue weighted by atomic mass is 16.3. The van der Waals surface area contributed by atoms with Gasteiger partial charge in [-0.3, -0.25) is 4.79 Å². The van der Waals surface area contributed by atoms with Gasteiger partial charge in [0.15, 0.2) is 0 Å². The number of unbranched alkanes of at least 4 members (excludes halogenated alkanes) is 39. The molecule has 0 aliphatic rings.